The number of aromatic nitrogens is 2. The highest BCUT2D eigenvalue weighted by atomic mass is 16.5. The van der Waals surface area contributed by atoms with Crippen LogP contribution in [0.3, 0.4) is 0 Å². The van der Waals surface area contributed by atoms with Gasteiger partial charge in [0.2, 0.25) is 5.89 Å². The molecule has 0 bridgehead atoms. The number of hydrogen-bond donors (Lipinski definition) is 2. The minimum absolute atomic E-state index is 0.631. The third-order valence-corrected chi connectivity index (χ3v) is 4.49. The monoisotopic (exact) mass is 372 g/mol. The zero-order valence-corrected chi connectivity index (χ0v) is 16.1. The molecule has 27 heavy (non-hydrogen) atoms. The predicted molar refractivity (Wildman–Crippen MR) is 103 cm³/mol. The number of ether oxygens (including phenoxy) is 1. The maximum absolute atomic E-state index is 5.44. The van der Waals surface area contributed by atoms with E-state index in [1.54, 1.807) is 7.05 Å². The van der Waals surface area contributed by atoms with Gasteiger partial charge in [0.1, 0.15) is 0 Å². The maximum Gasteiger partial charge on any atom is 0.228 e. The lowest BCUT2D eigenvalue weighted by molar-refractivity contribution is 0.0341. The summed E-state index contributed by atoms with van der Waals surface area (Å²) >= 11 is 0. The lowest BCUT2D eigenvalue weighted by Crippen LogP contribution is -2.38. The zero-order valence-electron chi connectivity index (χ0n) is 16.1. The number of nitrogens with one attached hydrogen (secondary N) is 2. The molecule has 2 heterocycles. The summed E-state index contributed by atoms with van der Waals surface area (Å²) in [7, 11) is 1.77. The second-order valence-corrected chi connectivity index (χ2v) is 6.50. The van der Waals surface area contributed by atoms with Crippen molar-refractivity contribution in [1.82, 2.24) is 25.7 Å². The molecule has 0 unspecified atom stereocenters. The van der Waals surface area contributed by atoms with Crippen molar-refractivity contribution in [2.24, 2.45) is 4.99 Å². The molecule has 0 spiro atoms. The van der Waals surface area contributed by atoms with Crippen molar-refractivity contribution in [2.75, 3.05) is 39.9 Å². The van der Waals surface area contributed by atoms with Crippen molar-refractivity contribution < 1.29 is 9.26 Å². The molecule has 3 rings (SSSR count). The van der Waals surface area contributed by atoms with Crippen molar-refractivity contribution in [3.63, 3.8) is 0 Å². The van der Waals surface area contributed by atoms with E-state index in [4.69, 9.17) is 9.26 Å². The molecule has 0 atom stereocenters. The number of hydrogen-bond acceptors (Lipinski definition) is 6. The van der Waals surface area contributed by atoms with Crippen LogP contribution in [0.1, 0.15) is 22.8 Å². The molecule has 1 saturated heterocycles. The van der Waals surface area contributed by atoms with E-state index in [9.17, 15) is 0 Å². The van der Waals surface area contributed by atoms with Crippen LogP contribution in [0.5, 0.6) is 0 Å². The highest BCUT2D eigenvalue weighted by Gasteiger charge is 2.13. The Morgan fingerprint density at radius 3 is 2.67 bits per heavy atom. The van der Waals surface area contributed by atoms with Crippen LogP contribution in [-0.2, 0) is 24.2 Å². The molecule has 0 aliphatic carbocycles. The number of benzene rings is 1. The van der Waals surface area contributed by atoms with Crippen LogP contribution in [-0.4, -0.2) is 60.9 Å². The van der Waals surface area contributed by atoms with E-state index in [1.807, 2.05) is 6.92 Å². The molecule has 1 aromatic carbocycles. The first-order valence-corrected chi connectivity index (χ1v) is 9.35. The van der Waals surface area contributed by atoms with Crippen molar-refractivity contribution in [1.29, 1.82) is 0 Å². The molecule has 2 N–H and O–H groups in total. The highest BCUT2D eigenvalue weighted by molar-refractivity contribution is 5.79. The van der Waals surface area contributed by atoms with Gasteiger partial charge in [-0.3, -0.25) is 9.89 Å². The van der Waals surface area contributed by atoms with Gasteiger partial charge in [0, 0.05) is 46.2 Å². The Hall–Kier alpha value is -2.45. The van der Waals surface area contributed by atoms with Gasteiger partial charge in [-0.15, -0.1) is 0 Å². The van der Waals surface area contributed by atoms with Gasteiger partial charge in [0.15, 0.2) is 11.8 Å². The number of nitrogens with zero attached hydrogens (tertiary/aromatic N) is 4. The summed E-state index contributed by atoms with van der Waals surface area (Å²) in [6.07, 6.45) is 0.662. The summed E-state index contributed by atoms with van der Waals surface area (Å²) in [5.41, 5.74) is 2.61. The molecule has 1 aliphatic rings. The predicted octanol–water partition coefficient (Wildman–Crippen LogP) is 1.12. The molecule has 8 heteroatoms. The topological polar surface area (TPSA) is 87.8 Å². The van der Waals surface area contributed by atoms with E-state index in [2.05, 4.69) is 54.9 Å². The quantitative estimate of drug-likeness (QED) is 0.556. The van der Waals surface area contributed by atoms with Crippen LogP contribution in [0, 0.1) is 6.92 Å². The summed E-state index contributed by atoms with van der Waals surface area (Å²) < 4.78 is 10.6. The van der Waals surface area contributed by atoms with Crippen LogP contribution in [0.25, 0.3) is 0 Å². The Bertz CT molecular complexity index is 739. The molecule has 1 aromatic heterocycles. The zero-order chi connectivity index (χ0) is 18.9. The molecule has 0 amide bonds. The first kappa shape index (κ1) is 19.3. The normalized spacial score (nSPS) is 15.7. The van der Waals surface area contributed by atoms with Gasteiger partial charge in [0.25, 0.3) is 0 Å². The van der Waals surface area contributed by atoms with Gasteiger partial charge >= 0.3 is 0 Å². The Balaban J connectivity index is 1.48. The van der Waals surface area contributed by atoms with Gasteiger partial charge in [-0.1, -0.05) is 29.4 Å². The fraction of sp³-hybridized carbons (Fsp3) is 0.526. The summed E-state index contributed by atoms with van der Waals surface area (Å²) in [5, 5.41) is 10.5. The summed E-state index contributed by atoms with van der Waals surface area (Å²) in [4.78, 5) is 10.9. The second kappa shape index (κ2) is 10.0. The van der Waals surface area contributed by atoms with E-state index >= 15 is 0 Å². The van der Waals surface area contributed by atoms with Gasteiger partial charge < -0.3 is 19.9 Å². The largest absolute Gasteiger partial charge is 0.379 e. The summed E-state index contributed by atoms with van der Waals surface area (Å²) in [5.74, 6) is 2.04. The van der Waals surface area contributed by atoms with Gasteiger partial charge in [0.05, 0.1) is 13.2 Å². The Morgan fingerprint density at radius 1 is 1.19 bits per heavy atom. The van der Waals surface area contributed by atoms with E-state index < -0.39 is 0 Å². The van der Waals surface area contributed by atoms with Gasteiger partial charge in [-0.25, -0.2) is 0 Å². The van der Waals surface area contributed by atoms with Crippen molar-refractivity contribution in [2.45, 2.75) is 26.4 Å². The number of aryl methyl sites for hydroxylation is 1. The van der Waals surface area contributed by atoms with Crippen molar-refractivity contribution in [3.05, 3.63) is 47.1 Å². The summed E-state index contributed by atoms with van der Waals surface area (Å²) in [6.45, 7) is 7.77. The first-order valence-electron chi connectivity index (χ1n) is 9.35. The lowest BCUT2D eigenvalue weighted by atomic mass is 10.1. The number of aliphatic imine (C=N–C) groups is 1. The molecule has 146 valence electrons. The molecular weight excluding hydrogens is 344 g/mol. The Kier molecular flexibility index (Phi) is 7.18. The van der Waals surface area contributed by atoms with Crippen LogP contribution >= 0.6 is 0 Å². The highest BCUT2D eigenvalue weighted by Crippen LogP contribution is 2.13. The van der Waals surface area contributed by atoms with Crippen molar-refractivity contribution >= 4 is 5.96 Å². The maximum atomic E-state index is 5.44. The van der Waals surface area contributed by atoms with E-state index in [0.717, 1.165) is 45.4 Å². The lowest BCUT2D eigenvalue weighted by Gasteiger charge is -2.27. The Labute approximate surface area is 160 Å². The second-order valence-electron chi connectivity index (χ2n) is 6.50. The first-order chi connectivity index (χ1) is 13.2. The van der Waals surface area contributed by atoms with E-state index in [-0.39, 0.29) is 0 Å². The number of morpholine rings is 1. The SMILES string of the molecule is CN=C(NCCc1nc(C)no1)NCc1ccccc1CN1CCOCC1. The van der Waals surface area contributed by atoms with Crippen LogP contribution in [0.2, 0.25) is 0 Å². The molecule has 2 aromatic rings. The van der Waals surface area contributed by atoms with Crippen LogP contribution < -0.4 is 10.6 Å². The Morgan fingerprint density at radius 2 is 1.96 bits per heavy atom. The number of guanidine groups is 1. The number of rotatable bonds is 7. The van der Waals surface area contributed by atoms with E-state index in [1.165, 1.54) is 11.1 Å². The minimum atomic E-state index is 0.631. The average Bonchev–Trinajstić information content (AvgIpc) is 3.11. The average molecular weight is 372 g/mol. The van der Waals surface area contributed by atoms with E-state index in [0.29, 0.717) is 24.7 Å². The fourth-order valence-corrected chi connectivity index (χ4v) is 3.01. The van der Waals surface area contributed by atoms with Crippen LogP contribution in [0.15, 0.2) is 33.8 Å². The smallest absolute Gasteiger partial charge is 0.228 e. The molecule has 1 fully saturated rings. The fourth-order valence-electron chi connectivity index (χ4n) is 3.01. The molecule has 0 radical (unpaired) electrons. The third-order valence-electron chi connectivity index (χ3n) is 4.49. The minimum Gasteiger partial charge on any atom is -0.379 e. The van der Waals surface area contributed by atoms with Crippen LogP contribution in [0.4, 0.5) is 0 Å². The van der Waals surface area contributed by atoms with Gasteiger partial charge in [-0.2, -0.15) is 4.98 Å². The standard InChI is InChI=1S/C19H28N6O2/c1-15-23-18(27-24-15)7-8-21-19(20-2)22-13-16-5-3-4-6-17(16)14-25-9-11-26-12-10-25/h3-6H,7-14H2,1-2H3,(H2,20,21,22). The van der Waals surface area contributed by atoms with Gasteiger partial charge in [-0.05, 0) is 18.1 Å². The summed E-state index contributed by atoms with van der Waals surface area (Å²) in [6, 6.07) is 8.53. The molecule has 1 aliphatic heterocycles. The molecule has 0 saturated carbocycles. The van der Waals surface area contributed by atoms with Crippen molar-refractivity contribution in [3.8, 4) is 0 Å². The molecule has 8 nitrogen and oxygen atoms in total. The third kappa shape index (κ3) is 6.04. The molecular formula is C19H28N6O2.